The van der Waals surface area contributed by atoms with E-state index in [2.05, 4.69) is 62.4 Å². The Morgan fingerprint density at radius 2 is 2.00 bits per heavy atom. The summed E-state index contributed by atoms with van der Waals surface area (Å²) in [5, 5.41) is 14.0. The molecular weight excluding hydrogens is 438 g/mol. The standard InChI is InChI=1S/C27H33N7O/c1-4-24(26-30-31-32-34(26)23-9-5-6-10-23)33(16-20-8-7-11-28-15-20)17-22-14-21-13-18(2)12-19(3)25(21)29-27(22)35/h7-8,11-15,23-24H,4-6,9-10,16-17H2,1-3H3,(H,29,35). The summed E-state index contributed by atoms with van der Waals surface area (Å²) in [5.74, 6) is 0.882. The largest absolute Gasteiger partial charge is 0.321 e. The van der Waals surface area contributed by atoms with Crippen molar-refractivity contribution >= 4 is 10.9 Å². The highest BCUT2D eigenvalue weighted by Crippen LogP contribution is 2.33. The molecule has 1 atom stereocenters. The minimum atomic E-state index is -0.0501. The van der Waals surface area contributed by atoms with Crippen LogP contribution in [-0.4, -0.2) is 35.1 Å². The van der Waals surface area contributed by atoms with Crippen molar-refractivity contribution in [1.29, 1.82) is 0 Å². The zero-order valence-corrected chi connectivity index (χ0v) is 20.7. The Bertz CT molecular complexity index is 1360. The van der Waals surface area contributed by atoms with E-state index in [-0.39, 0.29) is 11.6 Å². The molecule has 0 bridgehead atoms. The zero-order chi connectivity index (χ0) is 24.4. The van der Waals surface area contributed by atoms with Crippen LogP contribution < -0.4 is 5.56 Å². The van der Waals surface area contributed by atoms with Gasteiger partial charge in [0, 0.05) is 31.0 Å². The number of aryl methyl sites for hydroxylation is 2. The third-order valence-electron chi connectivity index (χ3n) is 7.17. The molecule has 1 aromatic carbocycles. The fraction of sp³-hybridized carbons (Fsp3) is 0.444. The first-order valence-electron chi connectivity index (χ1n) is 12.6. The second-order valence-electron chi connectivity index (χ2n) is 9.78. The lowest BCUT2D eigenvalue weighted by atomic mass is 10.0. The molecule has 0 saturated heterocycles. The van der Waals surface area contributed by atoms with Crippen LogP contribution in [0, 0.1) is 13.8 Å². The maximum Gasteiger partial charge on any atom is 0.252 e. The van der Waals surface area contributed by atoms with Crippen LogP contribution in [0.25, 0.3) is 10.9 Å². The minimum absolute atomic E-state index is 0.0276. The van der Waals surface area contributed by atoms with E-state index in [0.29, 0.717) is 19.1 Å². The monoisotopic (exact) mass is 471 g/mol. The molecule has 8 nitrogen and oxygen atoms in total. The summed E-state index contributed by atoms with van der Waals surface area (Å²) in [5.41, 5.74) is 4.95. The molecule has 1 unspecified atom stereocenters. The average molecular weight is 472 g/mol. The average Bonchev–Trinajstić information content (AvgIpc) is 3.53. The molecule has 3 heterocycles. The second-order valence-corrected chi connectivity index (χ2v) is 9.78. The molecule has 3 aromatic heterocycles. The number of nitrogens with zero attached hydrogens (tertiary/aromatic N) is 6. The van der Waals surface area contributed by atoms with Gasteiger partial charge in [-0.1, -0.05) is 37.5 Å². The van der Waals surface area contributed by atoms with Crippen molar-refractivity contribution in [3.8, 4) is 0 Å². The van der Waals surface area contributed by atoms with Gasteiger partial charge in [0.05, 0.1) is 17.6 Å². The molecule has 1 N–H and O–H groups in total. The van der Waals surface area contributed by atoms with Crippen LogP contribution in [-0.2, 0) is 13.1 Å². The molecule has 1 saturated carbocycles. The maximum atomic E-state index is 13.2. The predicted molar refractivity (Wildman–Crippen MR) is 136 cm³/mol. The minimum Gasteiger partial charge on any atom is -0.321 e. The summed E-state index contributed by atoms with van der Waals surface area (Å²) in [6, 6.07) is 10.6. The van der Waals surface area contributed by atoms with Crippen LogP contribution in [0.1, 0.15) is 79.2 Å². The van der Waals surface area contributed by atoms with Gasteiger partial charge in [-0.3, -0.25) is 14.7 Å². The lowest BCUT2D eigenvalue weighted by molar-refractivity contribution is 0.158. The number of nitrogens with one attached hydrogen (secondary N) is 1. The Balaban J connectivity index is 1.54. The molecule has 1 aliphatic rings. The van der Waals surface area contributed by atoms with E-state index in [4.69, 9.17) is 0 Å². The highest BCUT2D eigenvalue weighted by Gasteiger charge is 2.29. The summed E-state index contributed by atoms with van der Waals surface area (Å²) in [6.45, 7) is 7.42. The van der Waals surface area contributed by atoms with Gasteiger partial charge in [-0.15, -0.1) is 5.10 Å². The molecule has 1 fully saturated rings. The predicted octanol–water partition coefficient (Wildman–Crippen LogP) is 4.80. The number of rotatable bonds is 8. The molecule has 0 spiro atoms. The summed E-state index contributed by atoms with van der Waals surface area (Å²) in [4.78, 5) is 22.9. The third-order valence-corrected chi connectivity index (χ3v) is 7.17. The van der Waals surface area contributed by atoms with E-state index in [1.54, 1.807) is 6.20 Å². The molecule has 5 rings (SSSR count). The van der Waals surface area contributed by atoms with Crippen LogP contribution in [0.4, 0.5) is 0 Å². The Morgan fingerprint density at radius 1 is 1.17 bits per heavy atom. The molecule has 4 aromatic rings. The molecular formula is C27H33N7O. The molecule has 0 radical (unpaired) electrons. The molecule has 1 aliphatic carbocycles. The van der Waals surface area contributed by atoms with Crippen molar-refractivity contribution < 1.29 is 0 Å². The van der Waals surface area contributed by atoms with E-state index in [1.807, 2.05) is 29.9 Å². The lowest BCUT2D eigenvalue weighted by Gasteiger charge is -2.31. The van der Waals surface area contributed by atoms with Gasteiger partial charge >= 0.3 is 0 Å². The second kappa shape index (κ2) is 10.1. The van der Waals surface area contributed by atoms with Crippen molar-refractivity contribution in [3.05, 3.63) is 81.2 Å². The normalized spacial score (nSPS) is 15.3. The number of hydrogen-bond acceptors (Lipinski definition) is 6. The quantitative estimate of drug-likeness (QED) is 0.397. The van der Waals surface area contributed by atoms with Crippen molar-refractivity contribution in [2.45, 2.75) is 78.0 Å². The van der Waals surface area contributed by atoms with Crippen LogP contribution in [0.2, 0.25) is 0 Å². The SMILES string of the molecule is CCC(c1nnnn1C1CCCC1)N(Cc1cccnc1)Cc1cc2cc(C)cc(C)c2[nH]c1=O. The van der Waals surface area contributed by atoms with Crippen LogP contribution in [0.5, 0.6) is 0 Å². The number of H-pyrrole nitrogens is 1. The molecule has 8 heteroatoms. The molecule has 35 heavy (non-hydrogen) atoms. The van der Waals surface area contributed by atoms with Gasteiger partial charge < -0.3 is 4.98 Å². The first-order valence-corrected chi connectivity index (χ1v) is 12.6. The van der Waals surface area contributed by atoms with Gasteiger partial charge in [0.2, 0.25) is 0 Å². The maximum absolute atomic E-state index is 13.2. The smallest absolute Gasteiger partial charge is 0.252 e. The van der Waals surface area contributed by atoms with Crippen LogP contribution in [0.15, 0.2) is 47.5 Å². The van der Waals surface area contributed by atoms with E-state index in [0.717, 1.165) is 52.7 Å². The summed E-state index contributed by atoms with van der Waals surface area (Å²) >= 11 is 0. The number of tetrazole rings is 1. The van der Waals surface area contributed by atoms with Crippen molar-refractivity contribution in [2.24, 2.45) is 0 Å². The van der Waals surface area contributed by atoms with Gasteiger partial charge in [-0.2, -0.15) is 0 Å². The highest BCUT2D eigenvalue weighted by molar-refractivity contribution is 5.82. The first kappa shape index (κ1) is 23.4. The molecule has 0 aliphatic heterocycles. The number of aromatic amines is 1. The number of pyridine rings is 2. The fourth-order valence-corrected chi connectivity index (χ4v) is 5.50. The van der Waals surface area contributed by atoms with Crippen LogP contribution in [0.3, 0.4) is 0 Å². The zero-order valence-electron chi connectivity index (χ0n) is 20.7. The lowest BCUT2D eigenvalue weighted by Crippen LogP contribution is -2.32. The van der Waals surface area contributed by atoms with Gasteiger partial charge in [0.15, 0.2) is 5.82 Å². The van der Waals surface area contributed by atoms with Crippen LogP contribution >= 0.6 is 0 Å². The highest BCUT2D eigenvalue weighted by atomic mass is 16.1. The number of aromatic nitrogens is 6. The molecule has 0 amide bonds. The van der Waals surface area contributed by atoms with Gasteiger partial charge in [-0.05, 0) is 78.2 Å². The number of hydrogen-bond donors (Lipinski definition) is 1. The van der Waals surface area contributed by atoms with Crippen molar-refractivity contribution in [3.63, 3.8) is 0 Å². The van der Waals surface area contributed by atoms with E-state index < -0.39 is 0 Å². The summed E-state index contributed by atoms with van der Waals surface area (Å²) in [7, 11) is 0. The Kier molecular flexibility index (Phi) is 6.72. The fourth-order valence-electron chi connectivity index (χ4n) is 5.50. The number of fused-ring (bicyclic) bond motifs is 1. The summed E-state index contributed by atoms with van der Waals surface area (Å²) < 4.78 is 2.04. The Hall–Kier alpha value is -3.39. The van der Waals surface area contributed by atoms with E-state index >= 15 is 0 Å². The van der Waals surface area contributed by atoms with E-state index in [1.165, 1.54) is 18.4 Å². The topological polar surface area (TPSA) is 92.6 Å². The first-order chi connectivity index (χ1) is 17.0. The Morgan fingerprint density at radius 3 is 2.74 bits per heavy atom. The summed E-state index contributed by atoms with van der Waals surface area (Å²) in [6.07, 6.45) is 9.15. The van der Waals surface area contributed by atoms with Gasteiger partial charge in [-0.25, -0.2) is 4.68 Å². The van der Waals surface area contributed by atoms with E-state index in [9.17, 15) is 4.79 Å². The van der Waals surface area contributed by atoms with Crippen molar-refractivity contribution in [1.82, 2.24) is 35.1 Å². The van der Waals surface area contributed by atoms with Crippen molar-refractivity contribution in [2.75, 3.05) is 0 Å². The number of benzene rings is 1. The van der Waals surface area contributed by atoms with Gasteiger partial charge in [0.1, 0.15) is 0 Å². The Labute approximate surface area is 205 Å². The van der Waals surface area contributed by atoms with Gasteiger partial charge in [0.25, 0.3) is 5.56 Å². The third kappa shape index (κ3) is 4.89. The molecule has 182 valence electrons.